The second-order valence-electron chi connectivity index (χ2n) is 4.14. The Kier molecular flexibility index (Phi) is 5.86. The van der Waals surface area contributed by atoms with Crippen LogP contribution in [0.15, 0.2) is 18.2 Å². The molecule has 1 aromatic rings. The van der Waals surface area contributed by atoms with Crippen LogP contribution < -0.4 is 0 Å². The maximum atomic E-state index is 12.0. The number of methoxy groups -OCH3 is 1. The number of carbonyl (C=O) groups excluding carboxylic acids is 2. The van der Waals surface area contributed by atoms with Crippen LogP contribution >= 0.6 is 11.6 Å². The number of hydrogen-bond acceptors (Lipinski definition) is 3. The van der Waals surface area contributed by atoms with Crippen LogP contribution in [-0.2, 0) is 9.53 Å². The van der Waals surface area contributed by atoms with E-state index in [1.807, 2.05) is 19.1 Å². The number of esters is 1. The molecule has 0 bridgehead atoms. The van der Waals surface area contributed by atoms with E-state index in [9.17, 15) is 9.59 Å². The molecule has 0 aliphatic heterocycles. The molecular formula is C14H17ClO3. The molecule has 0 aliphatic carbocycles. The summed E-state index contributed by atoms with van der Waals surface area (Å²) in [6, 6.07) is 5.41. The number of ether oxygens (including phenoxy) is 1. The van der Waals surface area contributed by atoms with E-state index in [2.05, 4.69) is 4.74 Å². The Hall–Kier alpha value is -1.35. The minimum Gasteiger partial charge on any atom is -0.469 e. The topological polar surface area (TPSA) is 43.4 Å². The molecular weight excluding hydrogens is 252 g/mol. The molecule has 0 amide bonds. The second kappa shape index (κ2) is 7.17. The van der Waals surface area contributed by atoms with Gasteiger partial charge in [0, 0.05) is 18.4 Å². The van der Waals surface area contributed by atoms with Gasteiger partial charge in [0.1, 0.15) is 0 Å². The molecule has 0 saturated heterocycles. The highest BCUT2D eigenvalue weighted by molar-refractivity contribution is 6.34. The lowest BCUT2D eigenvalue weighted by Gasteiger charge is -2.06. The van der Waals surface area contributed by atoms with Crippen molar-refractivity contribution in [2.75, 3.05) is 7.11 Å². The predicted molar refractivity (Wildman–Crippen MR) is 71.0 cm³/mol. The lowest BCUT2D eigenvalue weighted by molar-refractivity contribution is -0.140. The molecule has 0 radical (unpaired) electrons. The van der Waals surface area contributed by atoms with Crippen molar-refractivity contribution in [1.29, 1.82) is 0 Å². The molecule has 0 saturated carbocycles. The van der Waals surface area contributed by atoms with Crippen LogP contribution in [-0.4, -0.2) is 18.9 Å². The number of benzene rings is 1. The van der Waals surface area contributed by atoms with Gasteiger partial charge in [-0.1, -0.05) is 23.7 Å². The number of carbonyl (C=O) groups is 2. The standard InChI is InChI=1S/C14H17ClO3/c1-10-6-5-7-11(15)14(10)12(16)8-3-4-9-13(17)18-2/h5-7H,3-4,8-9H2,1-2H3. The van der Waals surface area contributed by atoms with Gasteiger partial charge >= 0.3 is 5.97 Å². The average Bonchev–Trinajstić information content (AvgIpc) is 2.34. The summed E-state index contributed by atoms with van der Waals surface area (Å²) in [7, 11) is 1.36. The van der Waals surface area contributed by atoms with Crippen LogP contribution in [0.25, 0.3) is 0 Å². The van der Waals surface area contributed by atoms with Crippen molar-refractivity contribution in [1.82, 2.24) is 0 Å². The fourth-order valence-electron chi connectivity index (χ4n) is 1.77. The zero-order valence-corrected chi connectivity index (χ0v) is 11.4. The van der Waals surface area contributed by atoms with Crippen LogP contribution in [0, 0.1) is 6.92 Å². The van der Waals surface area contributed by atoms with E-state index in [-0.39, 0.29) is 11.8 Å². The molecule has 0 fully saturated rings. The van der Waals surface area contributed by atoms with E-state index < -0.39 is 0 Å². The van der Waals surface area contributed by atoms with E-state index in [1.54, 1.807) is 6.07 Å². The molecule has 0 spiro atoms. The monoisotopic (exact) mass is 268 g/mol. The van der Waals surface area contributed by atoms with Crippen molar-refractivity contribution in [3.05, 3.63) is 34.3 Å². The van der Waals surface area contributed by atoms with Crippen molar-refractivity contribution in [3.8, 4) is 0 Å². The predicted octanol–water partition coefficient (Wildman–Crippen LogP) is 3.56. The quantitative estimate of drug-likeness (QED) is 0.450. The number of ketones is 1. The normalized spacial score (nSPS) is 10.2. The van der Waals surface area contributed by atoms with Crippen LogP contribution in [0.2, 0.25) is 5.02 Å². The van der Waals surface area contributed by atoms with E-state index >= 15 is 0 Å². The van der Waals surface area contributed by atoms with Crippen molar-refractivity contribution in [3.63, 3.8) is 0 Å². The molecule has 0 aromatic heterocycles. The van der Waals surface area contributed by atoms with Gasteiger partial charge in [-0.15, -0.1) is 0 Å². The summed E-state index contributed by atoms with van der Waals surface area (Å²) in [4.78, 5) is 22.9. The molecule has 0 atom stereocenters. The van der Waals surface area contributed by atoms with Gasteiger partial charge in [-0.25, -0.2) is 0 Å². The van der Waals surface area contributed by atoms with Crippen molar-refractivity contribution in [2.45, 2.75) is 32.6 Å². The molecule has 0 N–H and O–H groups in total. The number of unbranched alkanes of at least 4 members (excludes halogenated alkanes) is 1. The molecule has 0 aliphatic rings. The lowest BCUT2D eigenvalue weighted by atomic mass is 10.0. The van der Waals surface area contributed by atoms with Crippen molar-refractivity contribution < 1.29 is 14.3 Å². The summed E-state index contributed by atoms with van der Waals surface area (Å²) in [5.41, 5.74) is 1.48. The SMILES string of the molecule is COC(=O)CCCCC(=O)c1c(C)cccc1Cl. The van der Waals surface area contributed by atoms with Crippen LogP contribution in [0.3, 0.4) is 0 Å². The highest BCUT2D eigenvalue weighted by Gasteiger charge is 2.12. The number of aryl methyl sites for hydroxylation is 1. The minimum absolute atomic E-state index is 0.0305. The molecule has 98 valence electrons. The Morgan fingerprint density at radius 3 is 2.50 bits per heavy atom. The van der Waals surface area contributed by atoms with Gasteiger partial charge in [-0.05, 0) is 31.4 Å². The van der Waals surface area contributed by atoms with Crippen LogP contribution in [0.5, 0.6) is 0 Å². The number of Topliss-reactive ketones (excluding diaryl/α,β-unsaturated/α-hetero) is 1. The summed E-state index contributed by atoms with van der Waals surface area (Å²) in [6.07, 6.45) is 2.08. The minimum atomic E-state index is -0.239. The summed E-state index contributed by atoms with van der Waals surface area (Å²) < 4.78 is 4.54. The fraction of sp³-hybridized carbons (Fsp3) is 0.429. The largest absolute Gasteiger partial charge is 0.469 e. The first kappa shape index (κ1) is 14.7. The Balaban J connectivity index is 2.49. The number of rotatable bonds is 6. The van der Waals surface area contributed by atoms with Gasteiger partial charge in [0.05, 0.1) is 12.1 Å². The number of halogens is 1. The number of hydrogen-bond donors (Lipinski definition) is 0. The van der Waals surface area contributed by atoms with Crippen molar-refractivity contribution >= 4 is 23.4 Å². The zero-order chi connectivity index (χ0) is 13.5. The fourth-order valence-corrected chi connectivity index (χ4v) is 2.09. The van der Waals surface area contributed by atoms with Gasteiger partial charge in [0.2, 0.25) is 0 Å². The summed E-state index contributed by atoms with van der Waals surface area (Å²) in [5, 5.41) is 0.493. The first-order valence-corrected chi connectivity index (χ1v) is 6.29. The zero-order valence-electron chi connectivity index (χ0n) is 10.7. The van der Waals surface area contributed by atoms with Gasteiger partial charge in [0.15, 0.2) is 5.78 Å². The van der Waals surface area contributed by atoms with E-state index in [4.69, 9.17) is 11.6 Å². The van der Waals surface area contributed by atoms with Gasteiger partial charge in [0.25, 0.3) is 0 Å². The Morgan fingerprint density at radius 2 is 1.89 bits per heavy atom. The smallest absolute Gasteiger partial charge is 0.305 e. The molecule has 18 heavy (non-hydrogen) atoms. The third-order valence-corrected chi connectivity index (χ3v) is 3.08. The van der Waals surface area contributed by atoms with E-state index in [0.717, 1.165) is 5.56 Å². The maximum absolute atomic E-state index is 12.0. The molecule has 3 nitrogen and oxygen atoms in total. The second-order valence-corrected chi connectivity index (χ2v) is 4.55. The van der Waals surface area contributed by atoms with E-state index in [0.29, 0.717) is 36.3 Å². The summed E-state index contributed by atoms with van der Waals surface area (Å²) in [6.45, 7) is 1.87. The first-order chi connectivity index (χ1) is 8.56. The molecule has 1 aromatic carbocycles. The highest BCUT2D eigenvalue weighted by Crippen LogP contribution is 2.22. The van der Waals surface area contributed by atoms with Crippen LogP contribution in [0.4, 0.5) is 0 Å². The lowest BCUT2D eigenvalue weighted by Crippen LogP contribution is -2.04. The average molecular weight is 269 g/mol. The maximum Gasteiger partial charge on any atom is 0.305 e. The Labute approximate surface area is 112 Å². The third kappa shape index (κ3) is 4.15. The molecule has 4 heteroatoms. The van der Waals surface area contributed by atoms with Crippen LogP contribution in [0.1, 0.15) is 41.6 Å². The highest BCUT2D eigenvalue weighted by atomic mass is 35.5. The van der Waals surface area contributed by atoms with E-state index in [1.165, 1.54) is 7.11 Å². The first-order valence-electron chi connectivity index (χ1n) is 5.91. The third-order valence-electron chi connectivity index (χ3n) is 2.76. The van der Waals surface area contributed by atoms with Gasteiger partial charge in [-0.3, -0.25) is 9.59 Å². The van der Waals surface area contributed by atoms with Gasteiger partial charge < -0.3 is 4.74 Å². The van der Waals surface area contributed by atoms with Gasteiger partial charge in [-0.2, -0.15) is 0 Å². The van der Waals surface area contributed by atoms with Crippen molar-refractivity contribution in [2.24, 2.45) is 0 Å². The molecule has 0 unspecified atom stereocenters. The summed E-state index contributed by atoms with van der Waals surface area (Å²) >= 11 is 6.02. The Morgan fingerprint density at radius 1 is 1.22 bits per heavy atom. The molecule has 0 heterocycles. The molecule has 1 rings (SSSR count). The Bertz CT molecular complexity index is 420. The summed E-state index contributed by atoms with van der Waals surface area (Å²) in [5.74, 6) is -0.209.